The molecule has 0 saturated carbocycles. The van der Waals surface area contributed by atoms with Gasteiger partial charge in [0.2, 0.25) is 0 Å². The summed E-state index contributed by atoms with van der Waals surface area (Å²) in [5.74, 6) is 1.90. The Morgan fingerprint density at radius 2 is 1.43 bits per heavy atom. The van der Waals surface area contributed by atoms with Gasteiger partial charge in [-0.05, 0) is 24.3 Å². The Balaban J connectivity index is 2.04. The normalized spacial score (nSPS) is 13.9. The first kappa shape index (κ1) is 10.4. The zero-order valence-electron chi connectivity index (χ0n) is 11.0. The topological polar surface area (TPSA) is 14.2 Å². The number of benzene rings is 3. The van der Waals surface area contributed by atoms with Gasteiger partial charge in [0.05, 0.1) is 11.0 Å². The smallest absolute Gasteiger partial charge is 0.152 e. The Bertz CT molecular complexity index is 1010. The Morgan fingerprint density at radius 3 is 2.38 bits per heavy atom. The third-order valence-electron chi connectivity index (χ3n) is 4.36. The summed E-state index contributed by atoms with van der Waals surface area (Å²) in [7, 11) is 0. The van der Waals surface area contributed by atoms with Crippen LogP contribution in [-0.4, -0.2) is 4.57 Å². The van der Waals surface area contributed by atoms with E-state index < -0.39 is 0 Å². The maximum absolute atomic E-state index is 6.15. The van der Waals surface area contributed by atoms with E-state index in [4.69, 9.17) is 4.74 Å². The summed E-state index contributed by atoms with van der Waals surface area (Å²) in [4.78, 5) is 2.58. The second-order valence-corrected chi connectivity index (χ2v) is 6.53. The molecule has 98 valence electrons. The molecular weight excluding hydrogens is 278 g/mol. The Hall–Kier alpha value is -2.39. The van der Waals surface area contributed by atoms with Crippen LogP contribution in [0.2, 0.25) is 0 Å². The van der Waals surface area contributed by atoms with E-state index in [1.807, 2.05) is 11.8 Å². The molecular formula is C18H9NOS. The van der Waals surface area contributed by atoms with E-state index in [0.717, 1.165) is 11.5 Å². The first-order valence-corrected chi connectivity index (χ1v) is 7.79. The van der Waals surface area contributed by atoms with Gasteiger partial charge in [-0.1, -0.05) is 42.1 Å². The molecule has 0 radical (unpaired) electrons. The molecule has 3 aromatic carbocycles. The number of hydrogen-bond donors (Lipinski definition) is 0. The van der Waals surface area contributed by atoms with Gasteiger partial charge in [0.25, 0.3) is 0 Å². The van der Waals surface area contributed by atoms with Crippen molar-refractivity contribution in [3.63, 3.8) is 0 Å². The minimum absolute atomic E-state index is 0.950. The lowest BCUT2D eigenvalue weighted by Crippen LogP contribution is -2.08. The number of aromatic nitrogens is 1. The van der Waals surface area contributed by atoms with Crippen LogP contribution in [0, 0.1) is 0 Å². The first-order chi connectivity index (χ1) is 10.4. The van der Waals surface area contributed by atoms with Crippen LogP contribution in [0.4, 0.5) is 0 Å². The molecule has 3 heterocycles. The molecule has 0 atom stereocenters. The van der Waals surface area contributed by atoms with Crippen LogP contribution in [-0.2, 0) is 0 Å². The molecule has 0 N–H and O–H groups in total. The fourth-order valence-electron chi connectivity index (χ4n) is 3.56. The van der Waals surface area contributed by atoms with Gasteiger partial charge in [0.15, 0.2) is 11.5 Å². The van der Waals surface area contributed by atoms with E-state index in [0.29, 0.717) is 0 Å². The number of ether oxygens (including phenoxy) is 1. The van der Waals surface area contributed by atoms with Crippen molar-refractivity contribution in [3.05, 3.63) is 54.6 Å². The fraction of sp³-hybridized carbons (Fsp3) is 0. The standard InChI is InChI=1S/C18H9NOS/c1-4-10-11-5-2-8-14-17(11)19-16(10)12(6-1)20-13-7-3-9-15(21-14)18(13)19/h1-9H. The number of rotatable bonds is 0. The highest BCUT2D eigenvalue weighted by Crippen LogP contribution is 2.53. The molecule has 3 heteroatoms. The monoisotopic (exact) mass is 287 g/mol. The SMILES string of the molecule is c1cc2c3c(c1)Sc1cccc4c5cccc(c5n-3c14)O2. The van der Waals surface area contributed by atoms with Crippen LogP contribution in [0.5, 0.6) is 11.5 Å². The van der Waals surface area contributed by atoms with Crippen molar-refractivity contribution < 1.29 is 4.74 Å². The molecule has 0 aliphatic carbocycles. The van der Waals surface area contributed by atoms with Crippen molar-refractivity contribution >= 4 is 33.6 Å². The highest BCUT2D eigenvalue weighted by Gasteiger charge is 2.30. The summed E-state index contributed by atoms with van der Waals surface area (Å²) >= 11 is 1.83. The minimum atomic E-state index is 0.950. The van der Waals surface area contributed by atoms with Crippen molar-refractivity contribution in [2.24, 2.45) is 0 Å². The molecule has 0 bridgehead atoms. The second kappa shape index (κ2) is 3.26. The van der Waals surface area contributed by atoms with E-state index >= 15 is 0 Å². The van der Waals surface area contributed by atoms with Crippen molar-refractivity contribution in [2.75, 3.05) is 0 Å². The van der Waals surface area contributed by atoms with Crippen LogP contribution in [0.3, 0.4) is 0 Å². The highest BCUT2D eigenvalue weighted by molar-refractivity contribution is 7.99. The summed E-state index contributed by atoms with van der Waals surface area (Å²) in [6.45, 7) is 0. The van der Waals surface area contributed by atoms with Gasteiger partial charge in [0, 0.05) is 20.6 Å². The van der Waals surface area contributed by atoms with Gasteiger partial charge in [-0.3, -0.25) is 0 Å². The molecule has 0 amide bonds. The lowest BCUT2D eigenvalue weighted by molar-refractivity contribution is 0.474. The van der Waals surface area contributed by atoms with Crippen molar-refractivity contribution in [3.8, 4) is 17.2 Å². The van der Waals surface area contributed by atoms with E-state index in [1.54, 1.807) is 0 Å². The van der Waals surface area contributed by atoms with E-state index in [1.165, 1.54) is 37.3 Å². The van der Waals surface area contributed by atoms with Crippen LogP contribution < -0.4 is 4.74 Å². The van der Waals surface area contributed by atoms with E-state index in [-0.39, 0.29) is 0 Å². The molecule has 2 nitrogen and oxygen atoms in total. The third-order valence-corrected chi connectivity index (χ3v) is 5.46. The summed E-state index contributed by atoms with van der Waals surface area (Å²) in [5, 5.41) is 2.58. The van der Waals surface area contributed by atoms with Crippen molar-refractivity contribution in [1.82, 2.24) is 4.57 Å². The molecule has 6 rings (SSSR count). The average molecular weight is 287 g/mol. The van der Waals surface area contributed by atoms with E-state index in [9.17, 15) is 0 Å². The molecule has 4 aromatic rings. The third kappa shape index (κ3) is 1.06. The van der Waals surface area contributed by atoms with Crippen LogP contribution >= 0.6 is 11.8 Å². The molecule has 2 aliphatic heterocycles. The molecule has 1 aromatic heterocycles. The molecule has 0 fully saturated rings. The van der Waals surface area contributed by atoms with Crippen LogP contribution in [0.15, 0.2) is 64.4 Å². The maximum atomic E-state index is 6.15. The predicted octanol–water partition coefficient (Wildman–Crippen LogP) is 5.35. The van der Waals surface area contributed by atoms with Gasteiger partial charge >= 0.3 is 0 Å². The van der Waals surface area contributed by atoms with Crippen molar-refractivity contribution in [1.29, 1.82) is 0 Å². The average Bonchev–Trinajstić information content (AvgIpc) is 2.86. The Kier molecular flexibility index (Phi) is 1.61. The lowest BCUT2D eigenvalue weighted by Gasteiger charge is -2.26. The molecule has 0 spiro atoms. The molecule has 2 aliphatic rings. The molecule has 21 heavy (non-hydrogen) atoms. The van der Waals surface area contributed by atoms with Gasteiger partial charge in [-0.2, -0.15) is 0 Å². The first-order valence-electron chi connectivity index (χ1n) is 6.97. The maximum Gasteiger partial charge on any atom is 0.152 e. The number of nitrogens with zero attached hydrogens (tertiary/aromatic N) is 1. The predicted molar refractivity (Wildman–Crippen MR) is 85.0 cm³/mol. The lowest BCUT2D eigenvalue weighted by atomic mass is 10.1. The van der Waals surface area contributed by atoms with Gasteiger partial charge in [0.1, 0.15) is 5.69 Å². The van der Waals surface area contributed by atoms with Crippen LogP contribution in [0.25, 0.3) is 27.5 Å². The Morgan fingerprint density at radius 1 is 0.714 bits per heavy atom. The number of fused-ring (bicyclic) bond motifs is 1. The quantitative estimate of drug-likeness (QED) is 0.373. The largest absolute Gasteiger partial charge is 0.453 e. The van der Waals surface area contributed by atoms with Crippen molar-refractivity contribution in [2.45, 2.75) is 9.79 Å². The van der Waals surface area contributed by atoms with Gasteiger partial charge < -0.3 is 9.30 Å². The van der Waals surface area contributed by atoms with E-state index in [2.05, 4.69) is 59.2 Å². The summed E-state index contributed by atoms with van der Waals surface area (Å²) < 4.78 is 8.54. The highest BCUT2D eigenvalue weighted by atomic mass is 32.2. The van der Waals surface area contributed by atoms with Crippen LogP contribution in [0.1, 0.15) is 0 Å². The molecule has 0 saturated heterocycles. The van der Waals surface area contributed by atoms with Gasteiger partial charge in [-0.15, -0.1) is 0 Å². The molecule has 0 unspecified atom stereocenters. The summed E-state index contributed by atoms with van der Waals surface area (Å²) in [6.07, 6.45) is 0. The fourth-order valence-corrected chi connectivity index (χ4v) is 4.68. The minimum Gasteiger partial charge on any atom is -0.453 e. The zero-order chi connectivity index (χ0) is 13.6. The summed E-state index contributed by atoms with van der Waals surface area (Å²) in [6, 6.07) is 19.2. The zero-order valence-corrected chi connectivity index (χ0v) is 11.8. The second-order valence-electron chi connectivity index (χ2n) is 5.45. The number of para-hydroxylation sites is 3. The van der Waals surface area contributed by atoms with Gasteiger partial charge in [-0.25, -0.2) is 0 Å². The Labute approximate surface area is 124 Å². The summed E-state index contributed by atoms with van der Waals surface area (Å²) in [5.41, 5.74) is 3.70. The number of hydrogen-bond acceptors (Lipinski definition) is 2.